The highest BCUT2D eigenvalue weighted by molar-refractivity contribution is 9.10. The number of aliphatic hydroxyl groups excluding tert-OH is 1. The zero-order valence-corrected chi connectivity index (χ0v) is 13.0. The highest BCUT2D eigenvalue weighted by Gasteiger charge is 2.10. The first kappa shape index (κ1) is 15.8. The lowest BCUT2D eigenvalue weighted by atomic mass is 10.1. The van der Waals surface area contributed by atoms with Crippen LogP contribution in [0.4, 0.5) is 0 Å². The Kier molecular flexibility index (Phi) is 5.61. The van der Waals surface area contributed by atoms with Crippen LogP contribution in [0.15, 0.2) is 46.9 Å². The number of phenolic OH excluding ortho intramolecular Hbond substituents is 2. The number of nitrogens with one attached hydrogen (secondary N) is 1. The van der Waals surface area contributed by atoms with Gasteiger partial charge in [-0.05, 0) is 42.3 Å². The first-order valence-corrected chi connectivity index (χ1v) is 7.47. The Morgan fingerprint density at radius 3 is 2.43 bits per heavy atom. The van der Waals surface area contributed by atoms with E-state index >= 15 is 0 Å². The van der Waals surface area contributed by atoms with E-state index in [-0.39, 0.29) is 24.1 Å². The van der Waals surface area contributed by atoms with Gasteiger partial charge < -0.3 is 20.6 Å². The number of phenols is 2. The first-order valence-electron chi connectivity index (χ1n) is 6.68. The molecule has 1 unspecified atom stereocenters. The average Bonchev–Trinajstić information content (AvgIpc) is 2.48. The van der Waals surface area contributed by atoms with Crippen LogP contribution < -0.4 is 5.32 Å². The van der Waals surface area contributed by atoms with E-state index in [0.717, 1.165) is 15.6 Å². The van der Waals surface area contributed by atoms with E-state index in [4.69, 9.17) is 0 Å². The second-order valence-corrected chi connectivity index (χ2v) is 5.82. The molecule has 0 aromatic heterocycles. The SMILES string of the molecule is OCC(Cc1ccc(O)cc1)NCc1cc(Br)ccc1O. The van der Waals surface area contributed by atoms with Crippen LogP contribution in [0.5, 0.6) is 11.5 Å². The lowest BCUT2D eigenvalue weighted by Gasteiger charge is -2.17. The Hall–Kier alpha value is -1.56. The summed E-state index contributed by atoms with van der Waals surface area (Å²) >= 11 is 3.37. The van der Waals surface area contributed by atoms with E-state index in [2.05, 4.69) is 21.2 Å². The molecule has 4 N–H and O–H groups in total. The Morgan fingerprint density at radius 2 is 1.76 bits per heavy atom. The minimum absolute atomic E-state index is 0.00432. The van der Waals surface area contributed by atoms with Crippen molar-refractivity contribution in [3.63, 3.8) is 0 Å². The molecule has 1 atom stereocenters. The molecule has 112 valence electrons. The molecule has 2 aromatic carbocycles. The van der Waals surface area contributed by atoms with Crippen molar-refractivity contribution in [2.45, 2.75) is 19.0 Å². The van der Waals surface area contributed by atoms with Crippen LogP contribution in [0.1, 0.15) is 11.1 Å². The Bertz CT molecular complexity index is 587. The van der Waals surface area contributed by atoms with E-state index < -0.39 is 0 Å². The second kappa shape index (κ2) is 7.45. The predicted molar refractivity (Wildman–Crippen MR) is 85.3 cm³/mol. The maximum Gasteiger partial charge on any atom is 0.120 e. The quantitative estimate of drug-likeness (QED) is 0.645. The van der Waals surface area contributed by atoms with E-state index in [1.807, 2.05) is 18.2 Å². The van der Waals surface area contributed by atoms with Gasteiger partial charge in [0.15, 0.2) is 0 Å². The van der Waals surface area contributed by atoms with Crippen LogP contribution in [0, 0.1) is 0 Å². The van der Waals surface area contributed by atoms with Gasteiger partial charge in [0.25, 0.3) is 0 Å². The number of aliphatic hydroxyl groups is 1. The maximum absolute atomic E-state index is 9.79. The van der Waals surface area contributed by atoms with Gasteiger partial charge >= 0.3 is 0 Å². The summed E-state index contributed by atoms with van der Waals surface area (Å²) in [5.41, 5.74) is 1.80. The van der Waals surface area contributed by atoms with Crippen LogP contribution >= 0.6 is 15.9 Å². The van der Waals surface area contributed by atoms with E-state index in [0.29, 0.717) is 13.0 Å². The van der Waals surface area contributed by atoms with E-state index in [1.54, 1.807) is 24.3 Å². The van der Waals surface area contributed by atoms with Gasteiger partial charge in [0.05, 0.1) is 6.61 Å². The summed E-state index contributed by atoms with van der Waals surface area (Å²) in [7, 11) is 0. The van der Waals surface area contributed by atoms with E-state index in [1.165, 1.54) is 0 Å². The Labute approximate surface area is 132 Å². The topological polar surface area (TPSA) is 72.7 Å². The number of hydrogen-bond acceptors (Lipinski definition) is 4. The zero-order valence-electron chi connectivity index (χ0n) is 11.5. The van der Waals surface area contributed by atoms with Gasteiger partial charge in [0.2, 0.25) is 0 Å². The lowest BCUT2D eigenvalue weighted by molar-refractivity contribution is 0.240. The first-order chi connectivity index (χ1) is 10.1. The molecule has 0 fully saturated rings. The molecule has 0 aliphatic carbocycles. The van der Waals surface area contributed by atoms with Crippen LogP contribution in [-0.2, 0) is 13.0 Å². The molecule has 2 rings (SSSR count). The van der Waals surface area contributed by atoms with Crippen LogP contribution in [0.3, 0.4) is 0 Å². The smallest absolute Gasteiger partial charge is 0.120 e. The van der Waals surface area contributed by atoms with Crippen molar-refractivity contribution in [1.82, 2.24) is 5.32 Å². The largest absolute Gasteiger partial charge is 0.508 e. The highest BCUT2D eigenvalue weighted by atomic mass is 79.9. The van der Waals surface area contributed by atoms with Crippen molar-refractivity contribution >= 4 is 15.9 Å². The molecule has 0 radical (unpaired) electrons. The molecule has 0 saturated heterocycles. The summed E-state index contributed by atoms with van der Waals surface area (Å²) in [4.78, 5) is 0. The van der Waals surface area contributed by atoms with Crippen molar-refractivity contribution < 1.29 is 15.3 Å². The molecular weight excluding hydrogens is 334 g/mol. The van der Waals surface area contributed by atoms with Crippen LogP contribution in [0.25, 0.3) is 0 Å². The minimum atomic E-state index is -0.118. The van der Waals surface area contributed by atoms with Gasteiger partial charge in [-0.1, -0.05) is 28.1 Å². The molecule has 0 spiro atoms. The molecule has 0 heterocycles. The summed E-state index contributed by atoms with van der Waals surface area (Å²) in [6, 6.07) is 12.1. The summed E-state index contributed by atoms with van der Waals surface area (Å²) in [5.74, 6) is 0.457. The van der Waals surface area contributed by atoms with Gasteiger partial charge in [0.1, 0.15) is 11.5 Å². The van der Waals surface area contributed by atoms with Gasteiger partial charge in [0, 0.05) is 22.6 Å². The fourth-order valence-electron chi connectivity index (χ4n) is 2.07. The second-order valence-electron chi connectivity index (χ2n) is 4.90. The number of halogens is 1. The summed E-state index contributed by atoms with van der Waals surface area (Å²) in [6.45, 7) is 0.463. The van der Waals surface area contributed by atoms with Crippen molar-refractivity contribution in [2.75, 3.05) is 6.61 Å². The minimum Gasteiger partial charge on any atom is -0.508 e. The molecule has 21 heavy (non-hydrogen) atoms. The highest BCUT2D eigenvalue weighted by Crippen LogP contribution is 2.21. The third kappa shape index (κ3) is 4.74. The maximum atomic E-state index is 9.79. The fraction of sp³-hybridized carbons (Fsp3) is 0.250. The monoisotopic (exact) mass is 351 g/mol. The molecule has 0 saturated carbocycles. The molecular formula is C16H18BrNO3. The van der Waals surface area contributed by atoms with Crippen molar-refractivity contribution in [3.8, 4) is 11.5 Å². The standard InChI is InChI=1S/C16H18BrNO3/c17-13-3-6-16(21)12(8-13)9-18-14(10-19)7-11-1-4-15(20)5-2-11/h1-6,8,14,18-21H,7,9-10H2. The molecule has 0 aliphatic rings. The molecule has 2 aromatic rings. The third-order valence-corrected chi connectivity index (χ3v) is 3.75. The number of benzene rings is 2. The Morgan fingerprint density at radius 1 is 1.05 bits per heavy atom. The van der Waals surface area contributed by atoms with Gasteiger partial charge in [-0.15, -0.1) is 0 Å². The lowest BCUT2D eigenvalue weighted by Crippen LogP contribution is -2.34. The Balaban J connectivity index is 1.96. The average molecular weight is 352 g/mol. The molecule has 4 nitrogen and oxygen atoms in total. The zero-order chi connectivity index (χ0) is 15.2. The third-order valence-electron chi connectivity index (χ3n) is 3.26. The number of rotatable bonds is 6. The van der Waals surface area contributed by atoms with Crippen molar-refractivity contribution in [3.05, 3.63) is 58.1 Å². The predicted octanol–water partition coefficient (Wildman–Crippen LogP) is 2.55. The molecule has 5 heteroatoms. The van der Waals surface area contributed by atoms with Crippen molar-refractivity contribution in [1.29, 1.82) is 0 Å². The summed E-state index contributed by atoms with van der Waals surface area (Å²) < 4.78 is 0.899. The van der Waals surface area contributed by atoms with Gasteiger partial charge in [-0.2, -0.15) is 0 Å². The van der Waals surface area contributed by atoms with Crippen LogP contribution in [0.2, 0.25) is 0 Å². The van der Waals surface area contributed by atoms with Crippen molar-refractivity contribution in [2.24, 2.45) is 0 Å². The fourth-order valence-corrected chi connectivity index (χ4v) is 2.48. The van der Waals surface area contributed by atoms with Gasteiger partial charge in [-0.25, -0.2) is 0 Å². The van der Waals surface area contributed by atoms with Gasteiger partial charge in [-0.3, -0.25) is 0 Å². The molecule has 0 aliphatic heterocycles. The van der Waals surface area contributed by atoms with Crippen LogP contribution in [-0.4, -0.2) is 28.0 Å². The summed E-state index contributed by atoms with van der Waals surface area (Å²) in [6.07, 6.45) is 0.644. The number of aromatic hydroxyl groups is 2. The normalized spacial score (nSPS) is 12.3. The molecule has 0 amide bonds. The number of hydrogen-bond donors (Lipinski definition) is 4. The van der Waals surface area contributed by atoms with E-state index in [9.17, 15) is 15.3 Å². The molecule has 0 bridgehead atoms. The summed E-state index contributed by atoms with van der Waals surface area (Å²) in [5, 5.41) is 31.7.